The highest BCUT2D eigenvalue weighted by Crippen LogP contribution is 2.35. The highest BCUT2D eigenvalue weighted by Gasteiger charge is 2.30. The predicted molar refractivity (Wildman–Crippen MR) is 76.5 cm³/mol. The Kier molecular flexibility index (Phi) is 3.80. The second kappa shape index (κ2) is 5.46. The molecule has 1 aromatic heterocycles. The van der Waals surface area contributed by atoms with E-state index in [9.17, 15) is 18.3 Å². The molecule has 0 saturated heterocycles. The van der Waals surface area contributed by atoms with Gasteiger partial charge in [0.05, 0.1) is 11.7 Å². The minimum Gasteiger partial charge on any atom is -0.387 e. The summed E-state index contributed by atoms with van der Waals surface area (Å²) in [5.41, 5.74) is 1.38. The maximum absolute atomic E-state index is 12.5. The van der Waals surface area contributed by atoms with E-state index in [1.807, 2.05) is 6.07 Å². The van der Waals surface area contributed by atoms with Gasteiger partial charge in [-0.05, 0) is 48.6 Å². The number of halogens is 3. The summed E-state index contributed by atoms with van der Waals surface area (Å²) in [6.45, 7) is 0. The average Bonchev–Trinajstić information content (AvgIpc) is 2.98. The first-order valence-corrected chi connectivity index (χ1v) is 7.71. The van der Waals surface area contributed by atoms with Crippen LogP contribution in [0.4, 0.5) is 13.2 Å². The van der Waals surface area contributed by atoms with Gasteiger partial charge in [-0.3, -0.25) is 0 Å². The first-order chi connectivity index (χ1) is 9.93. The lowest BCUT2D eigenvalue weighted by atomic mass is 10.0. The van der Waals surface area contributed by atoms with Crippen molar-refractivity contribution in [3.63, 3.8) is 0 Å². The molecule has 1 heterocycles. The van der Waals surface area contributed by atoms with Crippen LogP contribution >= 0.6 is 11.3 Å². The molecule has 5 heteroatoms. The summed E-state index contributed by atoms with van der Waals surface area (Å²) in [6.07, 6.45) is -1.29. The van der Waals surface area contributed by atoms with Crippen LogP contribution in [0, 0.1) is 0 Å². The molecule has 1 unspecified atom stereocenters. The van der Waals surface area contributed by atoms with E-state index in [0.717, 1.165) is 29.9 Å². The summed E-state index contributed by atoms with van der Waals surface area (Å²) in [5, 5.41) is 10.2. The lowest BCUT2D eigenvalue weighted by Crippen LogP contribution is -2.05. The molecule has 0 saturated carbocycles. The van der Waals surface area contributed by atoms with Crippen molar-refractivity contribution >= 4 is 11.3 Å². The summed E-state index contributed by atoms with van der Waals surface area (Å²) in [5.74, 6) is 0. The van der Waals surface area contributed by atoms with Crippen molar-refractivity contribution in [1.29, 1.82) is 0 Å². The number of hydrogen-bond donors (Lipinski definition) is 1. The Labute approximate surface area is 125 Å². The number of aliphatic hydroxyl groups excluding tert-OH is 1. The first-order valence-electron chi connectivity index (χ1n) is 6.89. The van der Waals surface area contributed by atoms with Crippen molar-refractivity contribution in [2.24, 2.45) is 0 Å². The van der Waals surface area contributed by atoms with Crippen molar-refractivity contribution in [3.8, 4) is 0 Å². The van der Waals surface area contributed by atoms with Gasteiger partial charge in [0.25, 0.3) is 0 Å². The molecule has 1 nitrogen and oxygen atoms in total. The van der Waals surface area contributed by atoms with E-state index in [0.29, 0.717) is 12.0 Å². The topological polar surface area (TPSA) is 20.2 Å². The van der Waals surface area contributed by atoms with Gasteiger partial charge in [0.1, 0.15) is 0 Å². The monoisotopic (exact) mass is 312 g/mol. The lowest BCUT2D eigenvalue weighted by molar-refractivity contribution is -0.137. The van der Waals surface area contributed by atoms with Gasteiger partial charge in [-0.15, -0.1) is 11.3 Å². The Morgan fingerprint density at radius 1 is 1.14 bits per heavy atom. The van der Waals surface area contributed by atoms with Crippen LogP contribution in [-0.2, 0) is 25.4 Å². The van der Waals surface area contributed by atoms with Crippen LogP contribution in [0.25, 0.3) is 0 Å². The molecule has 1 aliphatic rings. The fraction of sp³-hybridized carbons (Fsp3) is 0.375. The normalized spacial score (nSPS) is 16.0. The van der Waals surface area contributed by atoms with E-state index in [1.54, 1.807) is 11.3 Å². The molecule has 0 radical (unpaired) electrons. The van der Waals surface area contributed by atoms with Crippen LogP contribution < -0.4 is 0 Å². The lowest BCUT2D eigenvalue weighted by Gasteiger charge is -2.11. The molecule has 1 N–H and O–H groups in total. The highest BCUT2D eigenvalue weighted by molar-refractivity contribution is 7.12. The van der Waals surface area contributed by atoms with E-state index < -0.39 is 17.8 Å². The minimum absolute atomic E-state index is 0.345. The second-order valence-corrected chi connectivity index (χ2v) is 6.53. The summed E-state index contributed by atoms with van der Waals surface area (Å²) >= 11 is 1.63. The van der Waals surface area contributed by atoms with Gasteiger partial charge in [-0.25, -0.2) is 0 Å². The minimum atomic E-state index is -4.31. The van der Waals surface area contributed by atoms with Crippen molar-refractivity contribution in [2.75, 3.05) is 0 Å². The van der Waals surface area contributed by atoms with Crippen molar-refractivity contribution in [1.82, 2.24) is 0 Å². The van der Waals surface area contributed by atoms with Gasteiger partial charge in [-0.1, -0.05) is 12.1 Å². The van der Waals surface area contributed by atoms with Crippen molar-refractivity contribution in [3.05, 3.63) is 56.8 Å². The number of thiophene rings is 1. The smallest absolute Gasteiger partial charge is 0.387 e. The van der Waals surface area contributed by atoms with Gasteiger partial charge in [0.15, 0.2) is 0 Å². The number of aliphatic hydroxyl groups is 1. The number of fused-ring (bicyclic) bond motifs is 1. The summed E-state index contributed by atoms with van der Waals surface area (Å²) < 4.78 is 37.5. The third-order valence-electron chi connectivity index (χ3n) is 3.80. The molecule has 0 bridgehead atoms. The van der Waals surface area contributed by atoms with Crippen molar-refractivity contribution in [2.45, 2.75) is 38.0 Å². The standard InChI is InChI=1S/C16H15F3OS/c17-16(18,19)12-6-4-10(5-7-12)8-13(20)15-9-11-2-1-3-14(11)21-15/h4-7,9,13,20H,1-3,8H2. The van der Waals surface area contributed by atoms with E-state index in [2.05, 4.69) is 0 Å². The molecule has 1 aliphatic carbocycles. The van der Waals surface area contributed by atoms with Crippen molar-refractivity contribution < 1.29 is 18.3 Å². The van der Waals surface area contributed by atoms with E-state index in [4.69, 9.17) is 0 Å². The molecule has 0 fully saturated rings. The fourth-order valence-corrected chi connectivity index (χ4v) is 3.91. The maximum Gasteiger partial charge on any atom is 0.416 e. The maximum atomic E-state index is 12.5. The zero-order valence-corrected chi connectivity index (χ0v) is 12.1. The van der Waals surface area contributed by atoms with Crippen LogP contribution in [0.15, 0.2) is 30.3 Å². The zero-order valence-electron chi connectivity index (χ0n) is 11.3. The third kappa shape index (κ3) is 3.14. The molecule has 1 atom stereocenters. The number of alkyl halides is 3. The van der Waals surface area contributed by atoms with E-state index in [-0.39, 0.29) is 0 Å². The summed E-state index contributed by atoms with van der Waals surface area (Å²) in [4.78, 5) is 2.26. The Morgan fingerprint density at radius 3 is 2.48 bits per heavy atom. The number of benzene rings is 1. The van der Waals surface area contributed by atoms with Gasteiger partial charge in [0, 0.05) is 16.2 Å². The number of rotatable bonds is 3. The Balaban J connectivity index is 1.70. The van der Waals surface area contributed by atoms with Gasteiger partial charge in [-0.2, -0.15) is 13.2 Å². The Bertz CT molecular complexity index is 606. The quantitative estimate of drug-likeness (QED) is 0.882. The zero-order chi connectivity index (χ0) is 15.0. The van der Waals surface area contributed by atoms with Crippen LogP contribution in [0.2, 0.25) is 0 Å². The molecular formula is C16H15F3OS. The van der Waals surface area contributed by atoms with E-state index >= 15 is 0 Å². The molecule has 3 rings (SSSR count). The molecule has 0 amide bonds. The SMILES string of the molecule is OC(Cc1ccc(C(F)(F)F)cc1)c1cc2c(s1)CCC2. The van der Waals surface area contributed by atoms with Crippen LogP contribution in [0.3, 0.4) is 0 Å². The Morgan fingerprint density at radius 2 is 1.86 bits per heavy atom. The fourth-order valence-electron chi connectivity index (χ4n) is 2.67. The largest absolute Gasteiger partial charge is 0.416 e. The molecule has 1 aromatic carbocycles. The third-order valence-corrected chi connectivity index (χ3v) is 5.14. The molecule has 0 aliphatic heterocycles. The molecular weight excluding hydrogens is 297 g/mol. The highest BCUT2D eigenvalue weighted by atomic mass is 32.1. The molecule has 112 valence electrons. The summed E-state index contributed by atoms with van der Waals surface area (Å²) in [7, 11) is 0. The van der Waals surface area contributed by atoms with Crippen LogP contribution in [0.1, 0.15) is 39.0 Å². The molecule has 21 heavy (non-hydrogen) atoms. The van der Waals surface area contributed by atoms with Gasteiger partial charge >= 0.3 is 6.18 Å². The van der Waals surface area contributed by atoms with Crippen LogP contribution in [-0.4, -0.2) is 5.11 Å². The molecule has 2 aromatic rings. The number of aryl methyl sites for hydroxylation is 2. The number of hydrogen-bond acceptors (Lipinski definition) is 2. The second-order valence-electron chi connectivity index (χ2n) is 5.37. The predicted octanol–water partition coefficient (Wildman–Crippen LogP) is 4.53. The molecule has 0 spiro atoms. The summed E-state index contributed by atoms with van der Waals surface area (Å²) in [6, 6.07) is 7.05. The first kappa shape index (κ1) is 14.6. The van der Waals surface area contributed by atoms with Gasteiger partial charge in [0.2, 0.25) is 0 Å². The van der Waals surface area contributed by atoms with E-state index in [1.165, 1.54) is 29.0 Å². The average molecular weight is 312 g/mol. The Hall–Kier alpha value is -1.33. The van der Waals surface area contributed by atoms with Crippen LogP contribution in [0.5, 0.6) is 0 Å². The van der Waals surface area contributed by atoms with Gasteiger partial charge < -0.3 is 5.11 Å².